The van der Waals surface area contributed by atoms with E-state index >= 15 is 0 Å². The predicted octanol–water partition coefficient (Wildman–Crippen LogP) is 4.03. The molecule has 0 atom stereocenters. The van der Waals surface area contributed by atoms with Gasteiger partial charge >= 0.3 is 0 Å². The lowest BCUT2D eigenvalue weighted by Crippen LogP contribution is -2.38. The fourth-order valence-corrected chi connectivity index (χ4v) is 2.52. The molecule has 2 N–H and O–H groups in total. The molecular weight excluding hydrogens is 463 g/mol. The number of aliphatic imine (C=N–C) groups is 1. The Bertz CT molecular complexity index is 741. The standard InChI is InChI=1S/C20H25F2N3O.HI/c1-3-23-20(24-10-9-15-5-4-6-18(21)12-15)25-13-16-7-8-19(22)17(11-16)14-26-2;/h4-8,11-12H,3,9-10,13-14H2,1-2H3,(H2,23,24,25);1H. The normalized spacial score (nSPS) is 11.0. The first-order chi connectivity index (χ1) is 12.6. The second kappa shape index (κ2) is 12.6. The Morgan fingerprint density at radius 2 is 1.89 bits per heavy atom. The van der Waals surface area contributed by atoms with Crippen molar-refractivity contribution in [1.29, 1.82) is 0 Å². The van der Waals surface area contributed by atoms with Crippen molar-refractivity contribution in [3.05, 3.63) is 70.8 Å². The molecule has 0 spiro atoms. The summed E-state index contributed by atoms with van der Waals surface area (Å²) >= 11 is 0. The quantitative estimate of drug-likeness (QED) is 0.335. The van der Waals surface area contributed by atoms with Crippen molar-refractivity contribution < 1.29 is 13.5 Å². The van der Waals surface area contributed by atoms with Crippen LogP contribution in [0.4, 0.5) is 8.78 Å². The lowest BCUT2D eigenvalue weighted by Gasteiger charge is -2.12. The van der Waals surface area contributed by atoms with E-state index in [0.717, 1.165) is 17.7 Å². The first-order valence-electron chi connectivity index (χ1n) is 8.65. The summed E-state index contributed by atoms with van der Waals surface area (Å²) in [7, 11) is 1.54. The Hall–Kier alpha value is -1.74. The molecule has 0 amide bonds. The summed E-state index contributed by atoms with van der Waals surface area (Å²) in [5.41, 5.74) is 2.35. The van der Waals surface area contributed by atoms with Crippen LogP contribution in [0.5, 0.6) is 0 Å². The Morgan fingerprint density at radius 3 is 2.59 bits per heavy atom. The molecule has 2 aromatic carbocycles. The summed E-state index contributed by atoms with van der Waals surface area (Å²) < 4.78 is 31.9. The van der Waals surface area contributed by atoms with Gasteiger partial charge in [-0.2, -0.15) is 0 Å². The van der Waals surface area contributed by atoms with Gasteiger partial charge in [-0.3, -0.25) is 0 Å². The van der Waals surface area contributed by atoms with Crippen LogP contribution in [0.3, 0.4) is 0 Å². The first-order valence-corrected chi connectivity index (χ1v) is 8.65. The Morgan fingerprint density at radius 1 is 1.07 bits per heavy atom. The monoisotopic (exact) mass is 489 g/mol. The minimum absolute atomic E-state index is 0. The number of hydrogen-bond acceptors (Lipinski definition) is 2. The fourth-order valence-electron chi connectivity index (χ4n) is 2.52. The average molecular weight is 489 g/mol. The molecule has 7 heteroatoms. The van der Waals surface area contributed by atoms with Gasteiger partial charge in [0.1, 0.15) is 11.6 Å². The van der Waals surface area contributed by atoms with Gasteiger partial charge in [0.2, 0.25) is 0 Å². The number of hydrogen-bond donors (Lipinski definition) is 2. The van der Waals surface area contributed by atoms with Crippen LogP contribution in [0, 0.1) is 11.6 Å². The lowest BCUT2D eigenvalue weighted by atomic mass is 10.1. The minimum Gasteiger partial charge on any atom is -0.380 e. The van der Waals surface area contributed by atoms with Crippen molar-refractivity contribution in [2.75, 3.05) is 20.2 Å². The molecule has 0 aliphatic carbocycles. The molecule has 0 aliphatic heterocycles. The maximum atomic E-state index is 13.7. The molecule has 4 nitrogen and oxygen atoms in total. The second-order valence-corrected chi connectivity index (χ2v) is 5.86. The second-order valence-electron chi connectivity index (χ2n) is 5.86. The number of guanidine groups is 1. The number of ether oxygens (including phenoxy) is 1. The van der Waals surface area contributed by atoms with Gasteiger partial charge in [-0.25, -0.2) is 13.8 Å². The van der Waals surface area contributed by atoms with Gasteiger partial charge in [0.25, 0.3) is 0 Å². The van der Waals surface area contributed by atoms with Gasteiger partial charge in [0, 0.05) is 25.8 Å². The zero-order valence-electron chi connectivity index (χ0n) is 15.6. The maximum Gasteiger partial charge on any atom is 0.191 e. The van der Waals surface area contributed by atoms with Crippen LogP contribution in [0.25, 0.3) is 0 Å². The zero-order valence-corrected chi connectivity index (χ0v) is 17.9. The van der Waals surface area contributed by atoms with Crippen LogP contribution in [-0.4, -0.2) is 26.2 Å². The van der Waals surface area contributed by atoms with Crippen LogP contribution in [-0.2, 0) is 24.3 Å². The molecule has 0 unspecified atom stereocenters. The summed E-state index contributed by atoms with van der Waals surface area (Å²) in [6, 6.07) is 11.5. The van der Waals surface area contributed by atoms with Gasteiger partial charge < -0.3 is 15.4 Å². The number of nitrogens with zero attached hydrogens (tertiary/aromatic N) is 1. The van der Waals surface area contributed by atoms with Crippen LogP contribution in [0.1, 0.15) is 23.6 Å². The number of rotatable bonds is 8. The van der Waals surface area contributed by atoms with Crippen molar-refractivity contribution in [1.82, 2.24) is 10.6 Å². The van der Waals surface area contributed by atoms with Crippen molar-refractivity contribution in [2.45, 2.75) is 26.5 Å². The van der Waals surface area contributed by atoms with Crippen molar-refractivity contribution in [2.24, 2.45) is 4.99 Å². The smallest absolute Gasteiger partial charge is 0.191 e. The molecule has 0 aromatic heterocycles. The number of halogens is 3. The summed E-state index contributed by atoms with van der Waals surface area (Å²) in [6.07, 6.45) is 0.691. The fraction of sp³-hybridized carbons (Fsp3) is 0.350. The van der Waals surface area contributed by atoms with Crippen molar-refractivity contribution in [3.8, 4) is 0 Å². The maximum absolute atomic E-state index is 13.7. The van der Waals surface area contributed by atoms with E-state index in [1.54, 1.807) is 18.2 Å². The molecule has 0 saturated carbocycles. The molecule has 0 bridgehead atoms. The molecule has 0 saturated heterocycles. The highest BCUT2D eigenvalue weighted by molar-refractivity contribution is 14.0. The predicted molar refractivity (Wildman–Crippen MR) is 115 cm³/mol. The molecule has 2 aromatic rings. The summed E-state index contributed by atoms with van der Waals surface area (Å²) in [5, 5.41) is 6.40. The Labute approximate surface area is 176 Å². The minimum atomic E-state index is -0.278. The number of methoxy groups -OCH3 is 1. The Kier molecular flexibility index (Phi) is 10.9. The molecule has 0 radical (unpaired) electrons. The lowest BCUT2D eigenvalue weighted by molar-refractivity contribution is 0.181. The largest absolute Gasteiger partial charge is 0.380 e. The highest BCUT2D eigenvalue weighted by Crippen LogP contribution is 2.12. The molecular formula is C20H26F2IN3O. The van der Waals surface area contributed by atoms with Crippen LogP contribution >= 0.6 is 24.0 Å². The molecule has 0 fully saturated rings. The molecule has 0 aliphatic rings. The van der Waals surface area contributed by atoms with Gasteiger partial charge in [-0.1, -0.05) is 18.2 Å². The Balaban J connectivity index is 0.00000364. The summed E-state index contributed by atoms with van der Waals surface area (Å²) in [6.45, 7) is 4.00. The van der Waals surface area contributed by atoms with Crippen LogP contribution in [0.2, 0.25) is 0 Å². The first kappa shape index (κ1) is 23.3. The average Bonchev–Trinajstić information content (AvgIpc) is 2.62. The summed E-state index contributed by atoms with van der Waals surface area (Å²) in [5.74, 6) is 0.160. The summed E-state index contributed by atoms with van der Waals surface area (Å²) in [4.78, 5) is 4.52. The van der Waals surface area contributed by atoms with Gasteiger partial charge in [0.15, 0.2) is 5.96 Å². The zero-order chi connectivity index (χ0) is 18.8. The number of benzene rings is 2. The SMILES string of the molecule is CCNC(=NCc1ccc(F)c(COC)c1)NCCc1cccc(F)c1.I. The van der Waals surface area contributed by atoms with E-state index in [2.05, 4.69) is 15.6 Å². The van der Waals surface area contributed by atoms with E-state index in [4.69, 9.17) is 4.74 Å². The third-order valence-corrected chi connectivity index (χ3v) is 3.77. The van der Waals surface area contributed by atoms with E-state index in [1.165, 1.54) is 25.3 Å². The van der Waals surface area contributed by atoms with E-state index in [-0.39, 0.29) is 42.2 Å². The molecule has 148 valence electrons. The molecule has 0 heterocycles. The highest BCUT2D eigenvalue weighted by atomic mass is 127. The third-order valence-electron chi connectivity index (χ3n) is 3.77. The van der Waals surface area contributed by atoms with Gasteiger partial charge in [0.05, 0.1) is 13.2 Å². The van der Waals surface area contributed by atoms with E-state index in [9.17, 15) is 8.78 Å². The van der Waals surface area contributed by atoms with E-state index in [0.29, 0.717) is 31.0 Å². The van der Waals surface area contributed by atoms with E-state index < -0.39 is 0 Å². The van der Waals surface area contributed by atoms with Crippen molar-refractivity contribution >= 4 is 29.9 Å². The molecule has 27 heavy (non-hydrogen) atoms. The van der Waals surface area contributed by atoms with Gasteiger partial charge in [-0.05, 0) is 48.7 Å². The van der Waals surface area contributed by atoms with Gasteiger partial charge in [-0.15, -0.1) is 24.0 Å². The van der Waals surface area contributed by atoms with Crippen molar-refractivity contribution in [3.63, 3.8) is 0 Å². The molecule has 2 rings (SSSR count). The van der Waals surface area contributed by atoms with Crippen LogP contribution in [0.15, 0.2) is 47.5 Å². The third kappa shape index (κ3) is 8.21. The van der Waals surface area contributed by atoms with Crippen LogP contribution < -0.4 is 10.6 Å². The van der Waals surface area contributed by atoms with E-state index in [1.807, 2.05) is 13.0 Å². The topological polar surface area (TPSA) is 45.7 Å². The highest BCUT2D eigenvalue weighted by Gasteiger charge is 2.04. The number of nitrogens with one attached hydrogen (secondary N) is 2.